The number of furan rings is 1. The molecule has 1 heterocycles. The molecule has 5 nitrogen and oxygen atoms in total. The molecule has 1 aromatic carbocycles. The van der Waals surface area contributed by atoms with Crippen LogP contribution in [0, 0.1) is 0 Å². The number of hydrogen-bond donors (Lipinski definition) is 1. The van der Waals surface area contributed by atoms with Crippen molar-refractivity contribution in [2.75, 3.05) is 11.9 Å². The van der Waals surface area contributed by atoms with Gasteiger partial charge in [-0.15, -0.1) is 0 Å². The summed E-state index contributed by atoms with van der Waals surface area (Å²) in [4.78, 5) is 23.6. The number of rotatable bonds is 4. The van der Waals surface area contributed by atoms with E-state index >= 15 is 0 Å². The molecular weight excluding hydrogens is 406 g/mol. The van der Waals surface area contributed by atoms with Crippen LogP contribution in [0.25, 0.3) is 0 Å². The van der Waals surface area contributed by atoms with E-state index in [-0.39, 0.29) is 11.7 Å². The second-order valence-corrected chi connectivity index (χ2v) is 5.61. The Morgan fingerprint density at radius 1 is 1.24 bits per heavy atom. The summed E-state index contributed by atoms with van der Waals surface area (Å²) in [6.07, 6.45) is 0. The molecule has 0 spiro atoms. The summed E-state index contributed by atoms with van der Waals surface area (Å²) in [6, 6.07) is 7.97. The van der Waals surface area contributed by atoms with Crippen molar-refractivity contribution in [2.24, 2.45) is 0 Å². The van der Waals surface area contributed by atoms with Crippen LogP contribution < -0.4 is 5.32 Å². The van der Waals surface area contributed by atoms with Crippen molar-refractivity contribution in [2.45, 2.75) is 6.92 Å². The quantitative estimate of drug-likeness (QED) is 0.757. The lowest BCUT2D eigenvalue weighted by Gasteiger charge is -2.08. The fourth-order valence-corrected chi connectivity index (χ4v) is 2.36. The molecule has 2 aromatic rings. The molecule has 1 N–H and O–H groups in total. The van der Waals surface area contributed by atoms with Gasteiger partial charge < -0.3 is 14.5 Å². The zero-order chi connectivity index (χ0) is 15.4. The Bertz CT molecular complexity index is 681. The smallest absolute Gasteiger partial charge is 0.338 e. The molecule has 0 unspecified atom stereocenters. The molecular formula is C14H11Br2NO4. The van der Waals surface area contributed by atoms with E-state index in [0.717, 1.165) is 0 Å². The van der Waals surface area contributed by atoms with Crippen LogP contribution in [0.1, 0.15) is 27.8 Å². The number of esters is 1. The first-order valence-corrected chi connectivity index (χ1v) is 7.63. The highest BCUT2D eigenvalue weighted by molar-refractivity contribution is 9.10. The molecule has 0 atom stereocenters. The minimum Gasteiger partial charge on any atom is -0.462 e. The van der Waals surface area contributed by atoms with E-state index in [9.17, 15) is 9.59 Å². The zero-order valence-corrected chi connectivity index (χ0v) is 14.2. The number of carbonyl (C=O) groups is 2. The minimum atomic E-state index is -0.411. The summed E-state index contributed by atoms with van der Waals surface area (Å²) < 4.78 is 11.1. The maximum absolute atomic E-state index is 12.0. The highest BCUT2D eigenvalue weighted by Crippen LogP contribution is 2.25. The van der Waals surface area contributed by atoms with E-state index in [4.69, 9.17) is 9.15 Å². The van der Waals surface area contributed by atoms with Gasteiger partial charge in [-0.05, 0) is 69.1 Å². The molecule has 0 aliphatic rings. The molecule has 0 aliphatic carbocycles. The second kappa shape index (κ2) is 6.91. The van der Waals surface area contributed by atoms with Crippen molar-refractivity contribution in [3.8, 4) is 0 Å². The van der Waals surface area contributed by atoms with Crippen molar-refractivity contribution >= 4 is 49.4 Å². The maximum atomic E-state index is 12.0. The van der Waals surface area contributed by atoms with E-state index in [1.165, 1.54) is 0 Å². The lowest BCUT2D eigenvalue weighted by Crippen LogP contribution is -2.12. The average molecular weight is 417 g/mol. The number of benzene rings is 1. The van der Waals surface area contributed by atoms with Gasteiger partial charge in [-0.25, -0.2) is 4.79 Å². The lowest BCUT2D eigenvalue weighted by molar-refractivity contribution is 0.0526. The molecule has 21 heavy (non-hydrogen) atoms. The molecule has 0 aliphatic heterocycles. The second-order valence-electron chi connectivity index (χ2n) is 3.97. The first-order chi connectivity index (χ1) is 10.0. The van der Waals surface area contributed by atoms with Crippen molar-refractivity contribution in [3.63, 3.8) is 0 Å². The van der Waals surface area contributed by atoms with E-state index in [2.05, 4.69) is 37.2 Å². The predicted molar refractivity (Wildman–Crippen MR) is 84.5 cm³/mol. The minimum absolute atomic E-state index is 0.184. The van der Waals surface area contributed by atoms with Crippen molar-refractivity contribution in [1.29, 1.82) is 0 Å². The Balaban J connectivity index is 2.14. The van der Waals surface area contributed by atoms with Crippen molar-refractivity contribution < 1.29 is 18.7 Å². The summed E-state index contributed by atoms with van der Waals surface area (Å²) in [5.74, 6) is -0.612. The number of amides is 1. The van der Waals surface area contributed by atoms with Crippen LogP contribution in [0.5, 0.6) is 0 Å². The molecule has 7 heteroatoms. The third kappa shape index (κ3) is 3.95. The Labute approximate surface area is 137 Å². The lowest BCUT2D eigenvalue weighted by atomic mass is 10.2. The van der Waals surface area contributed by atoms with Crippen molar-refractivity contribution in [1.82, 2.24) is 0 Å². The molecule has 0 fully saturated rings. The van der Waals surface area contributed by atoms with Gasteiger partial charge in [0.15, 0.2) is 10.4 Å². The van der Waals surface area contributed by atoms with Crippen LogP contribution in [0.3, 0.4) is 0 Å². The molecule has 110 valence electrons. The van der Waals surface area contributed by atoms with E-state index in [0.29, 0.717) is 27.0 Å². The number of ether oxygens (including phenoxy) is 1. The first kappa shape index (κ1) is 15.8. The first-order valence-electron chi connectivity index (χ1n) is 6.04. The van der Waals surface area contributed by atoms with E-state index in [1.807, 2.05) is 0 Å². The van der Waals surface area contributed by atoms with Gasteiger partial charge in [0.2, 0.25) is 0 Å². The van der Waals surface area contributed by atoms with E-state index < -0.39 is 5.97 Å². The van der Waals surface area contributed by atoms with Crippen LogP contribution >= 0.6 is 31.9 Å². The molecule has 2 rings (SSSR count). The third-order valence-electron chi connectivity index (χ3n) is 2.53. The molecule has 0 bridgehead atoms. The molecule has 0 radical (unpaired) electrons. The monoisotopic (exact) mass is 415 g/mol. The number of halogens is 2. The van der Waals surface area contributed by atoms with Gasteiger partial charge in [0.1, 0.15) is 0 Å². The Kier molecular flexibility index (Phi) is 5.19. The van der Waals surface area contributed by atoms with Gasteiger partial charge in [-0.1, -0.05) is 0 Å². The van der Waals surface area contributed by atoms with Crippen LogP contribution in [0.4, 0.5) is 5.69 Å². The standard InChI is InChI=1S/C14H11Br2NO4/c1-2-20-14(19)8-3-4-10(9(15)7-8)17-13(18)11-5-6-12(16)21-11/h3-7H,2H2,1H3,(H,17,18). The molecule has 0 saturated carbocycles. The van der Waals surface area contributed by atoms with Gasteiger partial charge in [0, 0.05) is 4.47 Å². The summed E-state index contributed by atoms with van der Waals surface area (Å²) in [5.41, 5.74) is 0.933. The fraction of sp³-hybridized carbons (Fsp3) is 0.143. The Morgan fingerprint density at radius 3 is 2.57 bits per heavy atom. The Morgan fingerprint density at radius 2 is 2.00 bits per heavy atom. The Hall–Kier alpha value is -1.60. The van der Waals surface area contributed by atoms with Gasteiger partial charge in [-0.3, -0.25) is 4.79 Å². The average Bonchev–Trinajstić information content (AvgIpc) is 2.88. The summed E-state index contributed by atoms with van der Waals surface area (Å²) in [6.45, 7) is 2.05. The molecule has 1 aromatic heterocycles. The summed E-state index contributed by atoms with van der Waals surface area (Å²) in [5, 5.41) is 2.69. The topological polar surface area (TPSA) is 68.5 Å². The van der Waals surface area contributed by atoms with Crippen molar-refractivity contribution in [3.05, 3.63) is 50.8 Å². The number of anilines is 1. The molecule has 0 saturated heterocycles. The largest absolute Gasteiger partial charge is 0.462 e. The van der Waals surface area contributed by atoms with Gasteiger partial charge in [0.05, 0.1) is 17.9 Å². The zero-order valence-electron chi connectivity index (χ0n) is 11.0. The maximum Gasteiger partial charge on any atom is 0.338 e. The highest BCUT2D eigenvalue weighted by atomic mass is 79.9. The highest BCUT2D eigenvalue weighted by Gasteiger charge is 2.14. The van der Waals surface area contributed by atoms with Crippen LogP contribution in [-0.4, -0.2) is 18.5 Å². The fourth-order valence-electron chi connectivity index (χ4n) is 1.58. The van der Waals surface area contributed by atoms with Crippen LogP contribution in [0.2, 0.25) is 0 Å². The normalized spacial score (nSPS) is 10.2. The van der Waals surface area contributed by atoms with Gasteiger partial charge in [0.25, 0.3) is 5.91 Å². The third-order valence-corrected chi connectivity index (χ3v) is 3.61. The number of nitrogens with one attached hydrogen (secondary N) is 1. The van der Waals surface area contributed by atoms with Crippen LogP contribution in [0.15, 0.2) is 43.9 Å². The van der Waals surface area contributed by atoms with Gasteiger partial charge >= 0.3 is 5.97 Å². The number of carbonyl (C=O) groups excluding carboxylic acids is 2. The SMILES string of the molecule is CCOC(=O)c1ccc(NC(=O)c2ccc(Br)o2)c(Br)c1. The van der Waals surface area contributed by atoms with Crippen LogP contribution in [-0.2, 0) is 4.74 Å². The molecule has 1 amide bonds. The predicted octanol–water partition coefficient (Wildman–Crippen LogP) is 4.23. The summed E-state index contributed by atoms with van der Waals surface area (Å²) in [7, 11) is 0. The number of hydrogen-bond acceptors (Lipinski definition) is 4. The van der Waals surface area contributed by atoms with E-state index in [1.54, 1.807) is 37.3 Å². The van der Waals surface area contributed by atoms with Gasteiger partial charge in [-0.2, -0.15) is 0 Å². The summed E-state index contributed by atoms with van der Waals surface area (Å²) >= 11 is 6.44.